The van der Waals surface area contributed by atoms with Gasteiger partial charge in [-0.3, -0.25) is 0 Å². The second kappa shape index (κ2) is 6.16. The van der Waals surface area contributed by atoms with Gasteiger partial charge in [-0.2, -0.15) is 0 Å². The van der Waals surface area contributed by atoms with Crippen molar-refractivity contribution in [3.05, 3.63) is 39.3 Å². The maximum atomic E-state index is 5.81. The molecule has 0 aliphatic carbocycles. The number of nitrogens with zero attached hydrogens (tertiary/aromatic N) is 2. The van der Waals surface area contributed by atoms with Gasteiger partial charge >= 0.3 is 0 Å². The summed E-state index contributed by atoms with van der Waals surface area (Å²) in [4.78, 5) is 0. The van der Waals surface area contributed by atoms with Crippen molar-refractivity contribution in [2.45, 2.75) is 32.8 Å². The predicted molar refractivity (Wildman–Crippen MR) is 74.4 cm³/mol. The van der Waals surface area contributed by atoms with Crippen LogP contribution in [0.25, 0.3) is 0 Å². The average molecular weight is 283 g/mol. The molecular weight excluding hydrogens is 268 g/mol. The average Bonchev–Trinajstić information content (AvgIpc) is 2.81. The number of hydrogen-bond donors (Lipinski definition) is 0. The van der Waals surface area contributed by atoms with E-state index in [-0.39, 0.29) is 0 Å². The van der Waals surface area contributed by atoms with Crippen LogP contribution in [0.3, 0.4) is 0 Å². The number of benzene rings is 1. The summed E-state index contributed by atoms with van der Waals surface area (Å²) >= 11 is 7.08. The molecule has 0 aliphatic rings. The Balaban J connectivity index is 2.09. The minimum Gasteiger partial charge on any atom is -0.486 e. The molecule has 0 saturated heterocycles. The number of aromatic nitrogens is 2. The van der Waals surface area contributed by atoms with Crippen LogP contribution in [-0.4, -0.2) is 10.2 Å². The summed E-state index contributed by atoms with van der Waals surface area (Å²) in [5, 5.41) is 8.48. The SMILES string of the molecule is CCC(C)c1ccccc1OCc1nnc(Cl)s1. The van der Waals surface area contributed by atoms with E-state index >= 15 is 0 Å². The lowest BCUT2D eigenvalue weighted by atomic mass is 9.98. The van der Waals surface area contributed by atoms with Gasteiger partial charge in [0.05, 0.1) is 0 Å². The monoisotopic (exact) mass is 282 g/mol. The third-order valence-electron chi connectivity index (χ3n) is 2.86. The Morgan fingerprint density at radius 2 is 2.11 bits per heavy atom. The fourth-order valence-electron chi connectivity index (χ4n) is 1.67. The lowest BCUT2D eigenvalue weighted by molar-refractivity contribution is 0.299. The zero-order valence-corrected chi connectivity index (χ0v) is 12.0. The maximum Gasteiger partial charge on any atom is 0.207 e. The van der Waals surface area contributed by atoms with Crippen LogP contribution < -0.4 is 4.74 Å². The van der Waals surface area contributed by atoms with Crippen LogP contribution in [0.15, 0.2) is 24.3 Å². The molecule has 0 aliphatic heterocycles. The predicted octanol–water partition coefficient (Wildman–Crippen LogP) is 4.28. The summed E-state index contributed by atoms with van der Waals surface area (Å²) < 4.78 is 6.26. The second-order valence-electron chi connectivity index (χ2n) is 4.08. The van der Waals surface area contributed by atoms with Crippen LogP contribution in [0.2, 0.25) is 4.47 Å². The van der Waals surface area contributed by atoms with Crippen molar-refractivity contribution >= 4 is 22.9 Å². The molecule has 3 nitrogen and oxygen atoms in total. The highest BCUT2D eigenvalue weighted by Crippen LogP contribution is 2.29. The Kier molecular flexibility index (Phi) is 4.55. The van der Waals surface area contributed by atoms with E-state index in [1.807, 2.05) is 18.2 Å². The molecule has 1 unspecified atom stereocenters. The summed E-state index contributed by atoms with van der Waals surface area (Å²) in [5.74, 6) is 1.40. The van der Waals surface area contributed by atoms with Crippen molar-refractivity contribution in [1.29, 1.82) is 0 Å². The highest BCUT2D eigenvalue weighted by atomic mass is 35.5. The van der Waals surface area contributed by atoms with Crippen LogP contribution in [0.5, 0.6) is 5.75 Å². The zero-order valence-electron chi connectivity index (χ0n) is 10.4. The van der Waals surface area contributed by atoms with Crippen molar-refractivity contribution in [2.24, 2.45) is 0 Å². The van der Waals surface area contributed by atoms with Gasteiger partial charge in [-0.05, 0) is 35.6 Å². The minimum atomic E-state index is 0.415. The number of hydrogen-bond acceptors (Lipinski definition) is 4. The van der Waals surface area contributed by atoms with E-state index in [1.54, 1.807) is 0 Å². The van der Waals surface area contributed by atoms with Gasteiger partial charge < -0.3 is 4.74 Å². The Morgan fingerprint density at radius 3 is 2.78 bits per heavy atom. The molecule has 96 valence electrons. The summed E-state index contributed by atoms with van der Waals surface area (Å²) in [6.45, 7) is 4.79. The molecule has 0 radical (unpaired) electrons. The van der Waals surface area contributed by atoms with Gasteiger partial charge in [0.15, 0.2) is 5.01 Å². The van der Waals surface area contributed by atoms with Gasteiger partial charge in [0.25, 0.3) is 0 Å². The molecular formula is C13H15ClN2OS. The molecule has 1 aromatic heterocycles. The van der Waals surface area contributed by atoms with E-state index in [0.717, 1.165) is 17.2 Å². The van der Waals surface area contributed by atoms with Crippen molar-refractivity contribution in [3.8, 4) is 5.75 Å². The Hall–Kier alpha value is -1.13. The van der Waals surface area contributed by atoms with Crippen LogP contribution >= 0.6 is 22.9 Å². The molecule has 0 N–H and O–H groups in total. The van der Waals surface area contributed by atoms with Gasteiger partial charge in [0.1, 0.15) is 12.4 Å². The molecule has 2 rings (SSSR count). The fraction of sp³-hybridized carbons (Fsp3) is 0.385. The normalized spacial score (nSPS) is 12.4. The fourth-order valence-corrected chi connectivity index (χ4v) is 2.45. The molecule has 0 spiro atoms. The zero-order chi connectivity index (χ0) is 13.0. The third-order valence-corrected chi connectivity index (χ3v) is 3.85. The number of ether oxygens (including phenoxy) is 1. The molecule has 1 heterocycles. The van der Waals surface area contributed by atoms with Crippen molar-refractivity contribution in [3.63, 3.8) is 0 Å². The molecule has 5 heteroatoms. The first kappa shape index (κ1) is 13.3. The van der Waals surface area contributed by atoms with Crippen LogP contribution in [-0.2, 0) is 6.61 Å². The van der Waals surface area contributed by atoms with Gasteiger partial charge in [-0.1, -0.05) is 43.4 Å². The van der Waals surface area contributed by atoms with Gasteiger partial charge in [-0.15, -0.1) is 10.2 Å². The van der Waals surface area contributed by atoms with Crippen LogP contribution in [0, 0.1) is 0 Å². The molecule has 2 aromatic rings. The maximum absolute atomic E-state index is 5.81. The molecule has 0 saturated carbocycles. The first-order chi connectivity index (χ1) is 8.70. The summed E-state index contributed by atoms with van der Waals surface area (Å²) in [5.41, 5.74) is 1.23. The van der Waals surface area contributed by atoms with E-state index in [9.17, 15) is 0 Å². The van der Waals surface area contributed by atoms with Crippen molar-refractivity contribution in [2.75, 3.05) is 0 Å². The Morgan fingerprint density at radius 1 is 1.33 bits per heavy atom. The highest BCUT2D eigenvalue weighted by molar-refractivity contribution is 7.15. The van der Waals surface area contributed by atoms with Gasteiger partial charge in [-0.25, -0.2) is 0 Å². The van der Waals surface area contributed by atoms with Crippen molar-refractivity contribution in [1.82, 2.24) is 10.2 Å². The molecule has 0 fully saturated rings. The second-order valence-corrected chi connectivity index (χ2v) is 5.73. The van der Waals surface area contributed by atoms with Crippen LogP contribution in [0.1, 0.15) is 36.8 Å². The first-order valence-corrected chi connectivity index (χ1v) is 7.09. The van der Waals surface area contributed by atoms with Gasteiger partial charge in [0, 0.05) is 0 Å². The third kappa shape index (κ3) is 3.21. The molecule has 1 aromatic carbocycles. The molecule has 0 amide bonds. The minimum absolute atomic E-state index is 0.415. The van der Waals surface area contributed by atoms with Crippen molar-refractivity contribution < 1.29 is 4.74 Å². The smallest absolute Gasteiger partial charge is 0.207 e. The van der Waals surface area contributed by atoms with E-state index in [1.165, 1.54) is 16.9 Å². The quantitative estimate of drug-likeness (QED) is 0.821. The van der Waals surface area contributed by atoms with Crippen LogP contribution in [0.4, 0.5) is 0 Å². The van der Waals surface area contributed by atoms with E-state index < -0.39 is 0 Å². The van der Waals surface area contributed by atoms with E-state index in [2.05, 4.69) is 30.1 Å². The topological polar surface area (TPSA) is 35.0 Å². The number of halogens is 1. The Labute approximate surface area is 116 Å². The van der Waals surface area contributed by atoms with E-state index in [0.29, 0.717) is 17.0 Å². The molecule has 0 bridgehead atoms. The molecule has 1 atom stereocenters. The Bertz CT molecular complexity index is 515. The first-order valence-electron chi connectivity index (χ1n) is 5.90. The highest BCUT2D eigenvalue weighted by Gasteiger charge is 2.10. The number of rotatable bonds is 5. The lowest BCUT2D eigenvalue weighted by Crippen LogP contribution is -2.00. The lowest BCUT2D eigenvalue weighted by Gasteiger charge is -2.14. The standard InChI is InChI=1S/C13H15ClN2OS/c1-3-9(2)10-6-4-5-7-11(10)17-8-12-15-16-13(14)18-12/h4-7,9H,3,8H2,1-2H3. The summed E-state index contributed by atoms with van der Waals surface area (Å²) in [7, 11) is 0. The summed E-state index contributed by atoms with van der Waals surface area (Å²) in [6.07, 6.45) is 1.09. The largest absolute Gasteiger partial charge is 0.486 e. The number of para-hydroxylation sites is 1. The molecule has 18 heavy (non-hydrogen) atoms. The summed E-state index contributed by atoms with van der Waals surface area (Å²) in [6, 6.07) is 8.12. The van der Waals surface area contributed by atoms with Gasteiger partial charge in [0.2, 0.25) is 4.47 Å². The van der Waals surface area contributed by atoms with E-state index in [4.69, 9.17) is 16.3 Å².